The molecule has 1 amide bonds. The first-order valence-electron chi connectivity index (χ1n) is 24.3. The summed E-state index contributed by atoms with van der Waals surface area (Å²) in [6, 6.07) is -0.722. The summed E-state index contributed by atoms with van der Waals surface area (Å²) in [5, 5.41) is 23.6. The van der Waals surface area contributed by atoms with E-state index in [9.17, 15) is 19.8 Å². The van der Waals surface area contributed by atoms with Gasteiger partial charge in [0.05, 0.1) is 25.2 Å². The van der Waals surface area contributed by atoms with Crippen LogP contribution in [-0.2, 0) is 14.3 Å². The molecule has 0 aliphatic carbocycles. The summed E-state index contributed by atoms with van der Waals surface area (Å²) in [5.74, 6) is -0.571. The molecule has 3 unspecified atom stereocenters. The number of carbonyl (C=O) groups excluding carboxylic acids is 2. The van der Waals surface area contributed by atoms with Crippen LogP contribution in [0.25, 0.3) is 0 Å². The number of unbranched alkanes of at least 4 members (excludes halogenated alkanes) is 16. The lowest BCUT2D eigenvalue weighted by Gasteiger charge is -2.24. The van der Waals surface area contributed by atoms with Crippen molar-refractivity contribution >= 4 is 11.9 Å². The standard InChI is InChI=1S/C53H91NO5/c1-4-7-10-13-16-19-21-23-25-26-27-29-31-34-37-40-43-46-53(58)59-49(44-41-38-35-33-30-28-24-22-20-17-14-11-8-5-2)47-52(57)54-50(48-55)51(56)45-42-39-36-32-18-15-12-9-6-3/h8,11,16-17,19-20,23-25,27-29,34,37,49-51,55-56H,4-7,9-10,12-15,18,21-22,26,30-33,35-36,38-48H2,1-3H3,(H,54,57)/b11-8+,19-16-,20-17+,25-23-,28-24+,29-27-,37-34-. The van der Waals surface area contributed by atoms with E-state index in [2.05, 4.69) is 111 Å². The normalized spacial score (nSPS) is 14.1. The minimum absolute atomic E-state index is 0.0364. The largest absolute Gasteiger partial charge is 0.462 e. The van der Waals surface area contributed by atoms with Gasteiger partial charge in [0.1, 0.15) is 6.10 Å². The number of allylic oxidation sites excluding steroid dienone is 14. The molecule has 3 N–H and O–H groups in total. The average molecular weight is 822 g/mol. The molecule has 0 fully saturated rings. The van der Waals surface area contributed by atoms with Gasteiger partial charge in [0.15, 0.2) is 0 Å². The molecule has 0 spiro atoms. The second-order valence-corrected chi connectivity index (χ2v) is 16.1. The summed E-state index contributed by atoms with van der Waals surface area (Å²) >= 11 is 0. The molecule has 3 atom stereocenters. The maximum Gasteiger partial charge on any atom is 0.306 e. The number of hydrogen-bond donors (Lipinski definition) is 3. The van der Waals surface area contributed by atoms with Crippen LogP contribution in [-0.4, -0.2) is 46.9 Å². The second kappa shape index (κ2) is 46.1. The first-order valence-corrected chi connectivity index (χ1v) is 24.3. The number of ether oxygens (including phenoxy) is 1. The van der Waals surface area contributed by atoms with Crippen molar-refractivity contribution < 1.29 is 24.5 Å². The fourth-order valence-corrected chi connectivity index (χ4v) is 6.79. The number of carbonyl (C=O) groups is 2. The molecule has 0 aromatic heterocycles. The Bertz CT molecular complexity index is 1150. The van der Waals surface area contributed by atoms with Crippen molar-refractivity contribution in [3.8, 4) is 0 Å². The number of nitrogens with one attached hydrogen (secondary N) is 1. The molecule has 0 aromatic rings. The van der Waals surface area contributed by atoms with Crippen molar-refractivity contribution in [2.45, 2.75) is 232 Å². The lowest BCUT2D eigenvalue weighted by atomic mass is 10.0. The lowest BCUT2D eigenvalue weighted by molar-refractivity contribution is -0.151. The molecule has 338 valence electrons. The Kier molecular flexibility index (Phi) is 43.8. The van der Waals surface area contributed by atoms with Gasteiger partial charge in [-0.25, -0.2) is 0 Å². The molecule has 0 rings (SSSR count). The Hall–Kier alpha value is -2.96. The predicted octanol–water partition coefficient (Wildman–Crippen LogP) is 14.4. The number of aliphatic hydroxyl groups excluding tert-OH is 2. The van der Waals surface area contributed by atoms with Crippen molar-refractivity contribution in [2.75, 3.05) is 6.61 Å². The Labute approximate surface area is 363 Å². The van der Waals surface area contributed by atoms with Gasteiger partial charge in [-0.15, -0.1) is 0 Å². The zero-order valence-corrected chi connectivity index (χ0v) is 38.4. The topological polar surface area (TPSA) is 95.9 Å². The summed E-state index contributed by atoms with van der Waals surface area (Å²) in [4.78, 5) is 26.0. The van der Waals surface area contributed by atoms with Gasteiger partial charge in [-0.1, -0.05) is 189 Å². The molecule has 0 saturated carbocycles. The molecule has 6 nitrogen and oxygen atoms in total. The molecular formula is C53H91NO5. The van der Waals surface area contributed by atoms with Gasteiger partial charge in [-0.05, 0) is 96.3 Å². The first kappa shape index (κ1) is 56.0. The van der Waals surface area contributed by atoms with Gasteiger partial charge in [-0.2, -0.15) is 0 Å². The van der Waals surface area contributed by atoms with Crippen LogP contribution in [0.1, 0.15) is 213 Å². The van der Waals surface area contributed by atoms with Crippen molar-refractivity contribution in [3.63, 3.8) is 0 Å². The molecule has 0 heterocycles. The van der Waals surface area contributed by atoms with E-state index in [4.69, 9.17) is 4.74 Å². The van der Waals surface area contributed by atoms with Crippen LogP contribution in [0.2, 0.25) is 0 Å². The fourth-order valence-electron chi connectivity index (χ4n) is 6.79. The Morgan fingerprint density at radius 1 is 0.508 bits per heavy atom. The highest BCUT2D eigenvalue weighted by atomic mass is 16.5. The number of amides is 1. The monoisotopic (exact) mass is 822 g/mol. The van der Waals surface area contributed by atoms with E-state index in [0.717, 1.165) is 96.3 Å². The van der Waals surface area contributed by atoms with Crippen LogP contribution in [0.5, 0.6) is 0 Å². The van der Waals surface area contributed by atoms with Crippen LogP contribution in [0.15, 0.2) is 85.1 Å². The predicted molar refractivity (Wildman–Crippen MR) is 254 cm³/mol. The Morgan fingerprint density at radius 2 is 0.915 bits per heavy atom. The summed E-state index contributed by atoms with van der Waals surface area (Å²) in [6.07, 6.45) is 59.3. The molecule has 6 heteroatoms. The van der Waals surface area contributed by atoms with E-state index in [-0.39, 0.29) is 24.9 Å². The second-order valence-electron chi connectivity index (χ2n) is 16.1. The summed E-state index contributed by atoms with van der Waals surface area (Å²) in [6.45, 7) is 6.29. The third-order valence-electron chi connectivity index (χ3n) is 10.5. The van der Waals surface area contributed by atoms with Gasteiger partial charge in [0, 0.05) is 6.42 Å². The zero-order chi connectivity index (χ0) is 43.1. The quantitative estimate of drug-likeness (QED) is 0.0324. The van der Waals surface area contributed by atoms with Crippen molar-refractivity contribution in [1.29, 1.82) is 0 Å². The van der Waals surface area contributed by atoms with Gasteiger partial charge in [0.2, 0.25) is 5.91 Å². The fraction of sp³-hybridized carbons (Fsp3) is 0.698. The molecule has 0 aliphatic rings. The van der Waals surface area contributed by atoms with E-state index in [0.29, 0.717) is 25.7 Å². The molecular weight excluding hydrogens is 731 g/mol. The molecule has 0 aromatic carbocycles. The number of hydrogen-bond acceptors (Lipinski definition) is 5. The third-order valence-corrected chi connectivity index (χ3v) is 10.5. The van der Waals surface area contributed by atoms with E-state index in [1.165, 1.54) is 64.2 Å². The van der Waals surface area contributed by atoms with Gasteiger partial charge in [0.25, 0.3) is 0 Å². The molecule has 0 aliphatic heterocycles. The first-order chi connectivity index (χ1) is 29.0. The highest BCUT2D eigenvalue weighted by molar-refractivity contribution is 5.77. The highest BCUT2D eigenvalue weighted by Crippen LogP contribution is 2.16. The molecule has 0 radical (unpaired) electrons. The van der Waals surface area contributed by atoms with E-state index < -0.39 is 18.2 Å². The number of aliphatic hydroxyl groups is 2. The van der Waals surface area contributed by atoms with Crippen molar-refractivity contribution in [3.05, 3.63) is 85.1 Å². The maximum atomic E-state index is 13.1. The molecule has 0 saturated heterocycles. The summed E-state index contributed by atoms with van der Waals surface area (Å²) in [5.41, 5.74) is 0. The third kappa shape index (κ3) is 41.6. The number of rotatable bonds is 42. The van der Waals surface area contributed by atoms with Crippen molar-refractivity contribution in [1.82, 2.24) is 5.32 Å². The molecule has 59 heavy (non-hydrogen) atoms. The molecule has 0 bridgehead atoms. The minimum atomic E-state index is -0.805. The van der Waals surface area contributed by atoms with Crippen LogP contribution >= 0.6 is 0 Å². The van der Waals surface area contributed by atoms with Crippen LogP contribution < -0.4 is 5.32 Å². The van der Waals surface area contributed by atoms with Crippen LogP contribution in [0.3, 0.4) is 0 Å². The SMILES string of the molecule is CC/C=C/C/C=C/C/C=C/CCCCCCC(CC(=O)NC(CO)C(O)CCCCCCCCCCC)OC(=O)CCC/C=C\C/C=C\C/C=C\C/C=C\CCCCC. The maximum absolute atomic E-state index is 13.1. The van der Waals surface area contributed by atoms with E-state index >= 15 is 0 Å². The zero-order valence-electron chi connectivity index (χ0n) is 38.4. The van der Waals surface area contributed by atoms with Crippen molar-refractivity contribution in [2.24, 2.45) is 0 Å². The highest BCUT2D eigenvalue weighted by Gasteiger charge is 2.24. The van der Waals surface area contributed by atoms with Crippen LogP contribution in [0, 0.1) is 0 Å². The van der Waals surface area contributed by atoms with Gasteiger partial charge >= 0.3 is 5.97 Å². The Morgan fingerprint density at radius 3 is 1.42 bits per heavy atom. The van der Waals surface area contributed by atoms with E-state index in [1.807, 2.05) is 0 Å². The lowest BCUT2D eigenvalue weighted by Crippen LogP contribution is -2.46. The summed E-state index contributed by atoms with van der Waals surface area (Å²) < 4.78 is 5.88. The average Bonchev–Trinajstić information content (AvgIpc) is 3.23. The number of esters is 1. The minimum Gasteiger partial charge on any atom is -0.462 e. The smallest absolute Gasteiger partial charge is 0.306 e. The van der Waals surface area contributed by atoms with Crippen LogP contribution in [0.4, 0.5) is 0 Å². The van der Waals surface area contributed by atoms with Gasteiger partial charge < -0.3 is 20.3 Å². The van der Waals surface area contributed by atoms with E-state index in [1.54, 1.807) is 0 Å². The van der Waals surface area contributed by atoms with Gasteiger partial charge in [-0.3, -0.25) is 9.59 Å². The Balaban J connectivity index is 4.74. The summed E-state index contributed by atoms with van der Waals surface area (Å²) in [7, 11) is 0.